The van der Waals surface area contributed by atoms with E-state index in [1.807, 2.05) is 0 Å². The topological polar surface area (TPSA) is 43.8 Å². The molecule has 1 aromatic carbocycles. The van der Waals surface area contributed by atoms with Crippen LogP contribution in [0.1, 0.15) is 11.3 Å². The summed E-state index contributed by atoms with van der Waals surface area (Å²) in [6.07, 6.45) is -4.43. The zero-order chi connectivity index (χ0) is 14.2. The summed E-state index contributed by atoms with van der Waals surface area (Å²) in [4.78, 5) is 0.115. The van der Waals surface area contributed by atoms with Gasteiger partial charge in [-0.05, 0) is 31.2 Å². The van der Waals surface area contributed by atoms with Gasteiger partial charge in [-0.1, -0.05) is 11.8 Å². The summed E-state index contributed by atoms with van der Waals surface area (Å²) >= 11 is 1.02. The largest absolute Gasteiger partial charge is 0.417 e. The minimum atomic E-state index is -4.43. The number of halogens is 3. The maximum Gasteiger partial charge on any atom is 0.417 e. The van der Waals surface area contributed by atoms with Crippen molar-refractivity contribution in [1.29, 1.82) is 0 Å². The molecule has 0 aliphatic heterocycles. The Kier molecular flexibility index (Phi) is 3.49. The Balaban J connectivity index is 2.43. The molecule has 0 bridgehead atoms. The van der Waals surface area contributed by atoms with E-state index in [0.717, 1.165) is 23.5 Å². The molecule has 3 nitrogen and oxygen atoms in total. The highest BCUT2D eigenvalue weighted by atomic mass is 32.2. The van der Waals surface area contributed by atoms with Crippen molar-refractivity contribution in [3.63, 3.8) is 0 Å². The summed E-state index contributed by atoms with van der Waals surface area (Å²) in [5.74, 6) is 0. The molecule has 2 rings (SSSR count). The zero-order valence-corrected chi connectivity index (χ0v) is 11.1. The standard InChI is InChI=1S/C12H12F3N3S/c1-7-5-11(18(2)17-7)19-10-4-3-8(16)6-9(10)12(13,14)15/h3-6H,16H2,1-2H3. The summed E-state index contributed by atoms with van der Waals surface area (Å²) in [7, 11) is 1.69. The molecule has 0 spiro atoms. The molecule has 2 N–H and O–H groups in total. The Hall–Kier alpha value is -1.63. The monoisotopic (exact) mass is 287 g/mol. The van der Waals surface area contributed by atoms with Crippen LogP contribution >= 0.6 is 11.8 Å². The van der Waals surface area contributed by atoms with Gasteiger partial charge in [0, 0.05) is 17.6 Å². The molecule has 102 valence electrons. The molecule has 0 saturated carbocycles. The molecule has 1 aromatic heterocycles. The first-order valence-corrected chi connectivity index (χ1v) is 6.24. The average Bonchev–Trinajstić information content (AvgIpc) is 2.58. The van der Waals surface area contributed by atoms with Crippen LogP contribution in [0.25, 0.3) is 0 Å². The van der Waals surface area contributed by atoms with Gasteiger partial charge in [0.05, 0.1) is 16.3 Å². The van der Waals surface area contributed by atoms with Crippen molar-refractivity contribution in [2.75, 3.05) is 5.73 Å². The predicted molar refractivity (Wildman–Crippen MR) is 67.9 cm³/mol. The Morgan fingerprint density at radius 3 is 2.47 bits per heavy atom. The summed E-state index contributed by atoms with van der Waals surface area (Å²) in [5.41, 5.74) is 5.55. The SMILES string of the molecule is Cc1cc(Sc2ccc(N)cc2C(F)(F)F)n(C)n1. The van der Waals surface area contributed by atoms with Crippen molar-refractivity contribution >= 4 is 17.4 Å². The lowest BCUT2D eigenvalue weighted by molar-refractivity contribution is -0.139. The van der Waals surface area contributed by atoms with Crippen molar-refractivity contribution < 1.29 is 13.2 Å². The van der Waals surface area contributed by atoms with Gasteiger partial charge in [-0.2, -0.15) is 18.3 Å². The zero-order valence-electron chi connectivity index (χ0n) is 10.3. The van der Waals surface area contributed by atoms with Crippen LogP contribution in [0.2, 0.25) is 0 Å². The number of hydrogen-bond donors (Lipinski definition) is 1. The smallest absolute Gasteiger partial charge is 0.399 e. The molecule has 0 aliphatic rings. The van der Waals surface area contributed by atoms with Crippen LogP contribution in [0.15, 0.2) is 34.2 Å². The Morgan fingerprint density at radius 1 is 1.26 bits per heavy atom. The van der Waals surface area contributed by atoms with Crippen LogP contribution < -0.4 is 5.73 Å². The van der Waals surface area contributed by atoms with Crippen molar-refractivity contribution in [2.24, 2.45) is 7.05 Å². The Bertz CT molecular complexity index is 605. The van der Waals surface area contributed by atoms with E-state index in [9.17, 15) is 13.2 Å². The quantitative estimate of drug-likeness (QED) is 0.860. The third-order valence-electron chi connectivity index (χ3n) is 2.48. The number of hydrogen-bond acceptors (Lipinski definition) is 3. The summed E-state index contributed by atoms with van der Waals surface area (Å²) in [6.45, 7) is 1.79. The average molecular weight is 287 g/mol. The van der Waals surface area contributed by atoms with Gasteiger partial charge in [-0.3, -0.25) is 4.68 Å². The molecule has 19 heavy (non-hydrogen) atoms. The van der Waals surface area contributed by atoms with Gasteiger partial charge in [-0.25, -0.2) is 0 Å². The van der Waals surface area contributed by atoms with Crippen LogP contribution in [0.5, 0.6) is 0 Å². The molecule has 0 radical (unpaired) electrons. The normalized spacial score (nSPS) is 11.8. The first-order chi connectivity index (χ1) is 8.77. The lowest BCUT2D eigenvalue weighted by Crippen LogP contribution is -2.08. The molecule has 1 heterocycles. The third kappa shape index (κ3) is 3.04. The molecule has 2 aromatic rings. The van der Waals surface area contributed by atoms with E-state index in [4.69, 9.17) is 5.73 Å². The lowest BCUT2D eigenvalue weighted by atomic mass is 10.2. The van der Waals surface area contributed by atoms with Crippen molar-refractivity contribution in [3.8, 4) is 0 Å². The van der Waals surface area contributed by atoms with Crippen molar-refractivity contribution in [2.45, 2.75) is 23.0 Å². The van der Waals surface area contributed by atoms with Crippen LogP contribution in [0.3, 0.4) is 0 Å². The van der Waals surface area contributed by atoms with E-state index in [1.165, 1.54) is 12.1 Å². The van der Waals surface area contributed by atoms with E-state index in [-0.39, 0.29) is 10.6 Å². The molecule has 0 saturated heterocycles. The second-order valence-corrected chi connectivity index (χ2v) is 5.17. The first kappa shape index (κ1) is 13.8. The maximum atomic E-state index is 12.9. The van der Waals surface area contributed by atoms with E-state index in [0.29, 0.717) is 5.03 Å². The number of benzene rings is 1. The molecule has 0 fully saturated rings. The molecule has 0 unspecified atom stereocenters. The second kappa shape index (κ2) is 4.80. The van der Waals surface area contributed by atoms with Gasteiger partial charge in [0.25, 0.3) is 0 Å². The predicted octanol–water partition coefficient (Wildman–Crippen LogP) is 3.48. The highest BCUT2D eigenvalue weighted by Gasteiger charge is 2.34. The van der Waals surface area contributed by atoms with Gasteiger partial charge in [-0.15, -0.1) is 0 Å². The number of aryl methyl sites for hydroxylation is 2. The van der Waals surface area contributed by atoms with E-state index < -0.39 is 11.7 Å². The number of nitrogen functional groups attached to an aromatic ring is 1. The van der Waals surface area contributed by atoms with E-state index in [2.05, 4.69) is 5.10 Å². The third-order valence-corrected chi connectivity index (χ3v) is 3.65. The van der Waals surface area contributed by atoms with Gasteiger partial charge in [0.1, 0.15) is 0 Å². The fourth-order valence-electron chi connectivity index (χ4n) is 1.65. The number of nitrogens with zero attached hydrogens (tertiary/aromatic N) is 2. The molecule has 0 aliphatic carbocycles. The summed E-state index contributed by atoms with van der Waals surface area (Å²) in [6, 6.07) is 5.53. The lowest BCUT2D eigenvalue weighted by Gasteiger charge is -2.13. The molecular formula is C12H12F3N3S. The summed E-state index contributed by atoms with van der Waals surface area (Å²) < 4.78 is 40.4. The highest BCUT2D eigenvalue weighted by molar-refractivity contribution is 7.99. The number of nitrogens with two attached hydrogens (primary N) is 1. The molecule has 0 atom stereocenters. The van der Waals surface area contributed by atoms with E-state index in [1.54, 1.807) is 24.7 Å². The molecular weight excluding hydrogens is 275 g/mol. The maximum absolute atomic E-state index is 12.9. The van der Waals surface area contributed by atoms with Crippen molar-refractivity contribution in [3.05, 3.63) is 35.5 Å². The van der Waals surface area contributed by atoms with E-state index >= 15 is 0 Å². The van der Waals surface area contributed by atoms with Gasteiger partial charge >= 0.3 is 6.18 Å². The van der Waals surface area contributed by atoms with Crippen molar-refractivity contribution in [1.82, 2.24) is 9.78 Å². The molecule has 7 heteroatoms. The fourth-order valence-corrected chi connectivity index (χ4v) is 2.70. The Labute approximate surface area is 112 Å². The first-order valence-electron chi connectivity index (χ1n) is 5.42. The summed E-state index contributed by atoms with van der Waals surface area (Å²) in [5, 5.41) is 4.75. The minimum Gasteiger partial charge on any atom is -0.399 e. The number of anilines is 1. The van der Waals surface area contributed by atoms with Gasteiger partial charge in [0.2, 0.25) is 0 Å². The Morgan fingerprint density at radius 2 is 1.95 bits per heavy atom. The number of aromatic nitrogens is 2. The van der Waals surface area contributed by atoms with Crippen LogP contribution in [0, 0.1) is 6.92 Å². The van der Waals surface area contributed by atoms with Crippen LogP contribution in [-0.4, -0.2) is 9.78 Å². The highest BCUT2D eigenvalue weighted by Crippen LogP contribution is 2.40. The number of rotatable bonds is 2. The van der Waals surface area contributed by atoms with Gasteiger partial charge < -0.3 is 5.73 Å². The van der Waals surface area contributed by atoms with Gasteiger partial charge in [0.15, 0.2) is 0 Å². The second-order valence-electron chi connectivity index (χ2n) is 4.10. The number of alkyl halides is 3. The molecule has 0 amide bonds. The minimum absolute atomic E-state index is 0.0952. The van der Waals surface area contributed by atoms with Crippen LogP contribution in [0.4, 0.5) is 18.9 Å². The fraction of sp³-hybridized carbons (Fsp3) is 0.250. The van der Waals surface area contributed by atoms with Crippen LogP contribution in [-0.2, 0) is 13.2 Å².